The van der Waals surface area contributed by atoms with Crippen LogP contribution in [0, 0.1) is 5.41 Å². The Kier molecular flexibility index (Phi) is 10.5. The molecule has 3 N–H and O–H groups in total. The molecule has 1 saturated carbocycles. The first-order valence-electron chi connectivity index (χ1n) is 12.2. The number of likely N-dealkylation sites (tertiary alicyclic amines) is 1. The summed E-state index contributed by atoms with van der Waals surface area (Å²) < 4.78 is 0. The van der Waals surface area contributed by atoms with Gasteiger partial charge in [0.05, 0.1) is 24.9 Å². The van der Waals surface area contributed by atoms with Crippen molar-refractivity contribution in [3.63, 3.8) is 0 Å². The fourth-order valence-electron chi connectivity index (χ4n) is 5.02. The summed E-state index contributed by atoms with van der Waals surface area (Å²) >= 11 is 0. The molecule has 0 aromatic carbocycles. The van der Waals surface area contributed by atoms with Gasteiger partial charge >= 0.3 is 0 Å². The van der Waals surface area contributed by atoms with Gasteiger partial charge < -0.3 is 20.2 Å². The normalized spacial score (nSPS) is 26.7. The molecule has 3 atom stereocenters. The number of hydrogen-bond donors (Lipinski definition) is 3. The summed E-state index contributed by atoms with van der Waals surface area (Å²) in [5.41, 5.74) is 0.0276. The second-order valence-electron chi connectivity index (χ2n) is 10.7. The first-order valence-corrected chi connectivity index (χ1v) is 12.2. The highest BCUT2D eigenvalue weighted by atomic mass is 16.3. The number of piperidine rings is 1. The molecule has 1 amide bonds. The molecule has 1 aliphatic heterocycles. The van der Waals surface area contributed by atoms with Crippen LogP contribution >= 0.6 is 0 Å². The zero-order valence-corrected chi connectivity index (χ0v) is 19.6. The SMILES string of the molecule is CC(C)(C)CC(=O)N(CCCCCCN1CC[C@@H](O)[C@H](O)[C@H]1CO)C1CCCCC1. The van der Waals surface area contributed by atoms with Crippen molar-refractivity contribution < 1.29 is 20.1 Å². The second kappa shape index (κ2) is 12.4. The lowest BCUT2D eigenvalue weighted by Gasteiger charge is -2.40. The molecular formula is C24H46N2O4. The summed E-state index contributed by atoms with van der Waals surface area (Å²) in [6, 6.07) is 0.0748. The van der Waals surface area contributed by atoms with Crippen LogP contribution in [0.1, 0.15) is 91.4 Å². The zero-order chi connectivity index (χ0) is 22.1. The lowest BCUT2D eigenvalue weighted by atomic mass is 9.89. The van der Waals surface area contributed by atoms with Crippen molar-refractivity contribution in [3.05, 3.63) is 0 Å². The van der Waals surface area contributed by atoms with Crippen LogP contribution in [-0.4, -0.2) is 81.6 Å². The quantitative estimate of drug-likeness (QED) is 0.468. The topological polar surface area (TPSA) is 84.2 Å². The van der Waals surface area contributed by atoms with Crippen LogP contribution in [0.5, 0.6) is 0 Å². The molecule has 176 valence electrons. The smallest absolute Gasteiger partial charge is 0.223 e. The third-order valence-corrected chi connectivity index (χ3v) is 6.77. The summed E-state index contributed by atoms with van der Waals surface area (Å²) in [7, 11) is 0. The Morgan fingerprint density at radius 1 is 1.00 bits per heavy atom. The van der Waals surface area contributed by atoms with Gasteiger partial charge in [0.25, 0.3) is 0 Å². The monoisotopic (exact) mass is 426 g/mol. The summed E-state index contributed by atoms with van der Waals surface area (Å²) in [6.45, 7) is 8.73. The molecule has 2 rings (SSSR count). The maximum absolute atomic E-state index is 13.0. The van der Waals surface area contributed by atoms with E-state index in [-0.39, 0.29) is 18.1 Å². The van der Waals surface area contributed by atoms with E-state index in [0.717, 1.165) is 58.2 Å². The number of aliphatic hydroxyl groups is 3. The highest BCUT2D eigenvalue weighted by Crippen LogP contribution is 2.27. The second-order valence-corrected chi connectivity index (χ2v) is 10.7. The lowest BCUT2D eigenvalue weighted by Crippen LogP contribution is -2.56. The molecule has 1 aliphatic carbocycles. The Balaban J connectivity index is 1.73. The maximum Gasteiger partial charge on any atom is 0.223 e. The van der Waals surface area contributed by atoms with Crippen LogP contribution in [0.3, 0.4) is 0 Å². The molecule has 1 heterocycles. The van der Waals surface area contributed by atoms with Crippen LogP contribution in [0.15, 0.2) is 0 Å². The van der Waals surface area contributed by atoms with E-state index in [4.69, 9.17) is 0 Å². The number of nitrogens with zero attached hydrogens (tertiary/aromatic N) is 2. The molecule has 6 heteroatoms. The standard InChI is InChI=1S/C24H46N2O4/c1-24(2,3)17-22(29)26(19-11-7-6-8-12-19)15-10-5-4-9-14-25-16-13-21(28)23(30)20(25)18-27/h19-21,23,27-28,30H,4-18H2,1-3H3/t20-,21-,23-/m1/s1. The van der Waals surface area contributed by atoms with E-state index in [0.29, 0.717) is 24.8 Å². The van der Waals surface area contributed by atoms with Crippen molar-refractivity contribution in [2.45, 2.75) is 116 Å². The molecule has 0 spiro atoms. The minimum absolute atomic E-state index is 0.0276. The number of amides is 1. The van der Waals surface area contributed by atoms with E-state index in [1.54, 1.807) is 0 Å². The highest BCUT2D eigenvalue weighted by Gasteiger charge is 2.35. The third-order valence-electron chi connectivity index (χ3n) is 6.77. The third kappa shape index (κ3) is 8.10. The molecule has 0 radical (unpaired) electrons. The summed E-state index contributed by atoms with van der Waals surface area (Å²) in [6.07, 6.45) is 9.91. The summed E-state index contributed by atoms with van der Waals surface area (Å²) in [5.74, 6) is 0.320. The summed E-state index contributed by atoms with van der Waals surface area (Å²) in [5, 5.41) is 29.4. The van der Waals surface area contributed by atoms with E-state index >= 15 is 0 Å². The highest BCUT2D eigenvalue weighted by molar-refractivity contribution is 5.77. The van der Waals surface area contributed by atoms with Gasteiger partial charge in [0, 0.05) is 25.6 Å². The van der Waals surface area contributed by atoms with Gasteiger partial charge in [0.2, 0.25) is 5.91 Å². The lowest BCUT2D eigenvalue weighted by molar-refractivity contribution is -0.136. The van der Waals surface area contributed by atoms with Gasteiger partial charge in [-0.1, -0.05) is 52.9 Å². The van der Waals surface area contributed by atoms with Crippen molar-refractivity contribution in [1.29, 1.82) is 0 Å². The van der Waals surface area contributed by atoms with E-state index in [9.17, 15) is 20.1 Å². The molecular weight excluding hydrogens is 380 g/mol. The number of rotatable bonds is 10. The Bertz CT molecular complexity index is 502. The Hall–Kier alpha value is -0.690. The minimum Gasteiger partial charge on any atom is -0.395 e. The van der Waals surface area contributed by atoms with Gasteiger partial charge in [-0.3, -0.25) is 9.69 Å². The van der Waals surface area contributed by atoms with Crippen molar-refractivity contribution in [2.75, 3.05) is 26.2 Å². The largest absolute Gasteiger partial charge is 0.395 e. The average Bonchev–Trinajstić information content (AvgIpc) is 2.69. The molecule has 1 saturated heterocycles. The van der Waals surface area contributed by atoms with E-state index in [1.807, 2.05) is 0 Å². The first-order chi connectivity index (χ1) is 14.2. The predicted molar refractivity (Wildman–Crippen MR) is 120 cm³/mol. The molecule has 2 aliphatic rings. The van der Waals surface area contributed by atoms with Crippen LogP contribution in [-0.2, 0) is 4.79 Å². The van der Waals surface area contributed by atoms with Crippen molar-refractivity contribution in [2.24, 2.45) is 5.41 Å². The number of carbonyl (C=O) groups excluding carboxylic acids is 1. The van der Waals surface area contributed by atoms with Crippen LogP contribution in [0.4, 0.5) is 0 Å². The van der Waals surface area contributed by atoms with Gasteiger partial charge in [-0.2, -0.15) is 0 Å². The van der Waals surface area contributed by atoms with Crippen LogP contribution in [0.25, 0.3) is 0 Å². The molecule has 6 nitrogen and oxygen atoms in total. The van der Waals surface area contributed by atoms with E-state index in [2.05, 4.69) is 30.6 Å². The number of hydrogen-bond acceptors (Lipinski definition) is 5. The van der Waals surface area contributed by atoms with E-state index in [1.165, 1.54) is 19.3 Å². The van der Waals surface area contributed by atoms with Gasteiger partial charge in [-0.25, -0.2) is 0 Å². The predicted octanol–water partition coefficient (Wildman–Crippen LogP) is 2.93. The average molecular weight is 427 g/mol. The first kappa shape index (κ1) is 25.6. The fraction of sp³-hybridized carbons (Fsp3) is 0.958. The molecule has 0 aromatic rings. The maximum atomic E-state index is 13.0. The van der Waals surface area contributed by atoms with Gasteiger partial charge in [0.15, 0.2) is 0 Å². The summed E-state index contributed by atoms with van der Waals surface area (Å²) in [4.78, 5) is 17.3. The Labute approximate surface area is 183 Å². The van der Waals surface area contributed by atoms with Crippen molar-refractivity contribution in [3.8, 4) is 0 Å². The Morgan fingerprint density at radius 3 is 2.30 bits per heavy atom. The zero-order valence-electron chi connectivity index (χ0n) is 19.6. The fourth-order valence-corrected chi connectivity index (χ4v) is 5.02. The van der Waals surface area contributed by atoms with Gasteiger partial charge in [-0.05, 0) is 44.1 Å². The molecule has 0 unspecified atom stereocenters. The number of aliphatic hydroxyl groups excluding tert-OH is 3. The van der Waals surface area contributed by atoms with Crippen LogP contribution < -0.4 is 0 Å². The van der Waals surface area contributed by atoms with E-state index < -0.39 is 12.2 Å². The Morgan fingerprint density at radius 2 is 1.67 bits per heavy atom. The molecule has 30 heavy (non-hydrogen) atoms. The van der Waals surface area contributed by atoms with Crippen LogP contribution in [0.2, 0.25) is 0 Å². The molecule has 0 aromatic heterocycles. The minimum atomic E-state index is -0.860. The van der Waals surface area contributed by atoms with Gasteiger partial charge in [-0.15, -0.1) is 0 Å². The number of unbranched alkanes of at least 4 members (excludes halogenated alkanes) is 3. The molecule has 2 fully saturated rings. The molecule has 0 bridgehead atoms. The van der Waals surface area contributed by atoms with Crippen molar-refractivity contribution >= 4 is 5.91 Å². The number of carbonyl (C=O) groups is 1. The van der Waals surface area contributed by atoms with Gasteiger partial charge in [0.1, 0.15) is 0 Å². The van der Waals surface area contributed by atoms with Crippen molar-refractivity contribution in [1.82, 2.24) is 9.80 Å².